The summed E-state index contributed by atoms with van der Waals surface area (Å²) >= 11 is 12.1. The number of benzene rings is 1. The van der Waals surface area contributed by atoms with Crippen LogP contribution in [0.5, 0.6) is 0 Å². The Morgan fingerprint density at radius 2 is 2.06 bits per heavy atom. The fourth-order valence-corrected chi connectivity index (χ4v) is 2.94. The van der Waals surface area contributed by atoms with Crippen LogP contribution in [0.4, 0.5) is 11.4 Å². The first-order valence-corrected chi connectivity index (χ1v) is 6.31. The van der Waals surface area contributed by atoms with Crippen molar-refractivity contribution in [2.45, 2.75) is 18.9 Å². The molecule has 1 fully saturated rings. The van der Waals surface area contributed by atoms with E-state index in [0.29, 0.717) is 5.69 Å². The van der Waals surface area contributed by atoms with Crippen LogP contribution in [0.25, 0.3) is 0 Å². The van der Waals surface area contributed by atoms with Crippen molar-refractivity contribution in [3.63, 3.8) is 0 Å². The number of nitrogens with zero attached hydrogens (tertiary/aromatic N) is 2. The van der Waals surface area contributed by atoms with Crippen molar-refractivity contribution >= 4 is 34.6 Å². The second-order valence-electron chi connectivity index (χ2n) is 4.19. The Kier molecular flexibility index (Phi) is 3.94. The number of hydrogen-bond donors (Lipinski definition) is 1. The summed E-state index contributed by atoms with van der Waals surface area (Å²) in [6.45, 7) is 0.756. The lowest BCUT2D eigenvalue weighted by Crippen LogP contribution is -2.32. The van der Waals surface area contributed by atoms with Crippen molar-refractivity contribution in [1.29, 1.82) is 0 Å². The Morgan fingerprint density at radius 1 is 1.44 bits per heavy atom. The highest BCUT2D eigenvalue weighted by Gasteiger charge is 2.28. The molecule has 2 rings (SSSR count). The predicted molar refractivity (Wildman–Crippen MR) is 70.6 cm³/mol. The van der Waals surface area contributed by atoms with Gasteiger partial charge in [0.25, 0.3) is 5.69 Å². The number of non-ortho nitro benzene ring substituents is 1. The lowest BCUT2D eigenvalue weighted by Gasteiger charge is -2.27. The molecule has 1 aliphatic heterocycles. The number of aliphatic hydroxyl groups is 1. The lowest BCUT2D eigenvalue weighted by atomic mass is 10.2. The second-order valence-corrected chi connectivity index (χ2v) is 5.00. The van der Waals surface area contributed by atoms with Gasteiger partial charge in [-0.1, -0.05) is 23.2 Å². The van der Waals surface area contributed by atoms with Crippen molar-refractivity contribution in [1.82, 2.24) is 0 Å². The zero-order valence-electron chi connectivity index (χ0n) is 9.47. The zero-order chi connectivity index (χ0) is 13.3. The molecule has 1 aromatic rings. The molecule has 1 aromatic carbocycles. The van der Waals surface area contributed by atoms with Crippen LogP contribution in [0.3, 0.4) is 0 Å². The molecule has 1 unspecified atom stereocenters. The Bertz CT molecular complexity index is 458. The van der Waals surface area contributed by atoms with Crippen LogP contribution in [-0.4, -0.2) is 29.2 Å². The maximum absolute atomic E-state index is 10.7. The van der Waals surface area contributed by atoms with Crippen LogP contribution < -0.4 is 4.90 Å². The largest absolute Gasteiger partial charge is 0.394 e. The number of nitro groups is 1. The fourth-order valence-electron chi connectivity index (χ4n) is 2.25. The summed E-state index contributed by atoms with van der Waals surface area (Å²) in [5.74, 6) is 0. The molecular weight excluding hydrogens is 279 g/mol. The van der Waals surface area contributed by atoms with Crippen molar-refractivity contribution < 1.29 is 10.0 Å². The summed E-state index contributed by atoms with van der Waals surface area (Å²) < 4.78 is 0. The highest BCUT2D eigenvalue weighted by Crippen LogP contribution is 2.40. The van der Waals surface area contributed by atoms with E-state index >= 15 is 0 Å². The van der Waals surface area contributed by atoms with Gasteiger partial charge in [0.2, 0.25) is 0 Å². The molecule has 1 aliphatic rings. The van der Waals surface area contributed by atoms with Gasteiger partial charge in [-0.25, -0.2) is 0 Å². The Balaban J connectivity index is 2.42. The maximum Gasteiger partial charge on any atom is 0.272 e. The van der Waals surface area contributed by atoms with E-state index in [1.54, 1.807) is 0 Å². The topological polar surface area (TPSA) is 66.6 Å². The van der Waals surface area contributed by atoms with E-state index in [-0.39, 0.29) is 28.4 Å². The van der Waals surface area contributed by atoms with Crippen molar-refractivity contribution in [3.05, 3.63) is 32.3 Å². The van der Waals surface area contributed by atoms with E-state index in [9.17, 15) is 15.2 Å². The minimum Gasteiger partial charge on any atom is -0.394 e. The summed E-state index contributed by atoms with van der Waals surface area (Å²) in [4.78, 5) is 12.1. The summed E-state index contributed by atoms with van der Waals surface area (Å²) in [5, 5.41) is 20.5. The third kappa shape index (κ3) is 2.39. The number of nitro benzene ring substituents is 1. The van der Waals surface area contributed by atoms with Crippen LogP contribution in [-0.2, 0) is 0 Å². The van der Waals surface area contributed by atoms with Crippen molar-refractivity contribution in [2.24, 2.45) is 0 Å². The molecular formula is C11H12Cl2N2O3. The molecule has 5 nitrogen and oxygen atoms in total. The van der Waals surface area contributed by atoms with Gasteiger partial charge in [-0.05, 0) is 12.8 Å². The number of hydrogen-bond acceptors (Lipinski definition) is 4. The van der Waals surface area contributed by atoms with Gasteiger partial charge in [0.05, 0.1) is 33.3 Å². The molecule has 18 heavy (non-hydrogen) atoms. The second kappa shape index (κ2) is 5.30. The number of aliphatic hydroxyl groups excluding tert-OH is 1. The van der Waals surface area contributed by atoms with Gasteiger partial charge < -0.3 is 10.0 Å². The number of halogens is 2. The van der Waals surface area contributed by atoms with Crippen LogP contribution in [0.15, 0.2) is 12.1 Å². The van der Waals surface area contributed by atoms with Gasteiger partial charge >= 0.3 is 0 Å². The molecule has 0 saturated carbocycles. The number of rotatable bonds is 3. The Morgan fingerprint density at radius 3 is 2.56 bits per heavy atom. The molecule has 7 heteroatoms. The molecule has 1 N–H and O–H groups in total. The molecule has 1 atom stereocenters. The van der Waals surface area contributed by atoms with Gasteiger partial charge in [0.15, 0.2) is 0 Å². The molecule has 0 bridgehead atoms. The monoisotopic (exact) mass is 290 g/mol. The quantitative estimate of drug-likeness (QED) is 0.687. The smallest absolute Gasteiger partial charge is 0.272 e. The summed E-state index contributed by atoms with van der Waals surface area (Å²) in [6, 6.07) is 2.55. The molecule has 0 amide bonds. The minimum absolute atomic E-state index is 0.0175. The van der Waals surface area contributed by atoms with E-state index in [2.05, 4.69) is 0 Å². The molecule has 0 spiro atoms. The van der Waals surface area contributed by atoms with Crippen LogP contribution in [0, 0.1) is 10.1 Å². The van der Waals surface area contributed by atoms with Crippen LogP contribution in [0.2, 0.25) is 10.0 Å². The SMILES string of the molecule is O=[N+]([O-])c1cc(Cl)c(N2CCCC2CO)c(Cl)c1. The van der Waals surface area contributed by atoms with E-state index in [4.69, 9.17) is 23.2 Å². The fraction of sp³-hybridized carbons (Fsp3) is 0.455. The van der Waals surface area contributed by atoms with E-state index in [0.717, 1.165) is 19.4 Å². The normalized spacial score (nSPS) is 19.3. The van der Waals surface area contributed by atoms with E-state index in [1.807, 2.05) is 4.90 Å². The Labute approximate surface area is 114 Å². The van der Waals surface area contributed by atoms with Gasteiger partial charge in [0, 0.05) is 18.7 Å². The van der Waals surface area contributed by atoms with E-state index < -0.39 is 4.92 Å². The Hall–Kier alpha value is -1.04. The highest BCUT2D eigenvalue weighted by molar-refractivity contribution is 6.39. The first kappa shape index (κ1) is 13.4. The first-order chi connectivity index (χ1) is 8.54. The number of anilines is 1. The molecule has 0 aliphatic carbocycles. The average molecular weight is 291 g/mol. The third-order valence-electron chi connectivity index (χ3n) is 3.09. The molecule has 0 aromatic heterocycles. The van der Waals surface area contributed by atoms with Gasteiger partial charge in [0.1, 0.15) is 0 Å². The molecule has 98 valence electrons. The third-order valence-corrected chi connectivity index (χ3v) is 3.66. The molecule has 0 radical (unpaired) electrons. The maximum atomic E-state index is 10.7. The lowest BCUT2D eigenvalue weighted by molar-refractivity contribution is -0.384. The summed E-state index contributed by atoms with van der Waals surface area (Å²) in [5.41, 5.74) is 0.439. The standard InChI is InChI=1S/C11H12Cl2N2O3/c12-9-4-8(15(17)18)5-10(13)11(9)14-3-1-2-7(14)6-16/h4-5,7,16H,1-3,6H2. The summed E-state index contributed by atoms with van der Waals surface area (Å²) in [6.07, 6.45) is 1.80. The van der Waals surface area contributed by atoms with E-state index in [1.165, 1.54) is 12.1 Å². The predicted octanol–water partition coefficient (Wildman–Crippen LogP) is 2.86. The average Bonchev–Trinajstić information content (AvgIpc) is 2.76. The first-order valence-electron chi connectivity index (χ1n) is 5.55. The van der Waals surface area contributed by atoms with Crippen LogP contribution in [0.1, 0.15) is 12.8 Å². The van der Waals surface area contributed by atoms with Crippen molar-refractivity contribution in [2.75, 3.05) is 18.1 Å². The van der Waals surface area contributed by atoms with Gasteiger partial charge in [-0.15, -0.1) is 0 Å². The minimum atomic E-state index is -0.533. The van der Waals surface area contributed by atoms with Crippen molar-refractivity contribution in [3.8, 4) is 0 Å². The highest BCUT2D eigenvalue weighted by atomic mass is 35.5. The summed E-state index contributed by atoms with van der Waals surface area (Å²) in [7, 11) is 0. The van der Waals surface area contributed by atoms with Gasteiger partial charge in [-0.2, -0.15) is 0 Å². The zero-order valence-corrected chi connectivity index (χ0v) is 11.0. The molecule has 1 heterocycles. The molecule has 1 saturated heterocycles. The van der Waals surface area contributed by atoms with Crippen LogP contribution >= 0.6 is 23.2 Å². The van der Waals surface area contributed by atoms with Gasteiger partial charge in [-0.3, -0.25) is 10.1 Å².